The topological polar surface area (TPSA) is 96.0 Å². The summed E-state index contributed by atoms with van der Waals surface area (Å²) in [5, 5.41) is 2.70. The summed E-state index contributed by atoms with van der Waals surface area (Å²) >= 11 is 0. The number of halogens is 1. The number of hydrogen-bond donors (Lipinski definition) is 1. The second kappa shape index (κ2) is 7.93. The number of amides is 2. The van der Waals surface area contributed by atoms with Crippen LogP contribution >= 0.6 is 0 Å². The fourth-order valence-corrected chi connectivity index (χ4v) is 5.34. The molecule has 0 aromatic heterocycles. The first kappa shape index (κ1) is 21.3. The van der Waals surface area contributed by atoms with E-state index in [9.17, 15) is 22.4 Å². The smallest absolute Gasteiger partial charge is 0.265 e. The standard InChI is InChI=1S/C21H22FN3O5S/c1-13-10-17-18(30-14(2)20(26)23-17)12-19(13)31(28,29)25-8-6-24(7-9-25)21(27)15-4-3-5-16(22)11-15/h3-5,10-12,14H,6-9H2,1-2H3,(H,23,26)/t14-/m1/s1. The number of ether oxygens (including phenoxy) is 1. The molecule has 0 bridgehead atoms. The first-order valence-corrected chi connectivity index (χ1v) is 11.3. The van der Waals surface area contributed by atoms with E-state index in [0.717, 1.165) is 0 Å². The van der Waals surface area contributed by atoms with Gasteiger partial charge in [0.15, 0.2) is 6.10 Å². The third-order valence-corrected chi connectivity index (χ3v) is 7.46. The van der Waals surface area contributed by atoms with Crippen LogP contribution in [0.4, 0.5) is 10.1 Å². The van der Waals surface area contributed by atoms with E-state index in [0.29, 0.717) is 17.0 Å². The molecule has 0 spiro atoms. The second-order valence-corrected chi connectivity index (χ2v) is 9.48. The Bertz CT molecular complexity index is 1160. The minimum atomic E-state index is -3.84. The molecule has 0 saturated carbocycles. The Morgan fingerprint density at radius 2 is 1.87 bits per heavy atom. The molecule has 1 N–H and O–H groups in total. The Morgan fingerprint density at radius 1 is 1.16 bits per heavy atom. The molecule has 10 heteroatoms. The van der Waals surface area contributed by atoms with E-state index in [1.807, 2.05) is 0 Å². The summed E-state index contributed by atoms with van der Waals surface area (Å²) in [6.45, 7) is 3.87. The average molecular weight is 447 g/mol. The summed E-state index contributed by atoms with van der Waals surface area (Å²) in [5.41, 5.74) is 1.15. The average Bonchev–Trinajstić information content (AvgIpc) is 2.74. The Hall–Kier alpha value is -2.98. The van der Waals surface area contributed by atoms with E-state index in [-0.39, 0.29) is 48.5 Å². The number of carbonyl (C=O) groups excluding carboxylic acids is 2. The van der Waals surface area contributed by atoms with Crippen molar-refractivity contribution in [2.24, 2.45) is 0 Å². The molecule has 2 aromatic carbocycles. The predicted molar refractivity (Wildman–Crippen MR) is 111 cm³/mol. The Kier molecular flexibility index (Phi) is 5.44. The number of nitrogens with zero attached hydrogens (tertiary/aromatic N) is 2. The second-order valence-electron chi connectivity index (χ2n) is 7.57. The zero-order valence-electron chi connectivity index (χ0n) is 17.1. The van der Waals surface area contributed by atoms with E-state index in [1.54, 1.807) is 19.9 Å². The summed E-state index contributed by atoms with van der Waals surface area (Å²) < 4.78 is 46.8. The first-order valence-electron chi connectivity index (χ1n) is 9.84. The molecule has 2 heterocycles. The monoisotopic (exact) mass is 447 g/mol. The number of aryl methyl sites for hydroxylation is 1. The summed E-state index contributed by atoms with van der Waals surface area (Å²) in [6.07, 6.45) is -0.719. The van der Waals surface area contributed by atoms with Gasteiger partial charge < -0.3 is 15.0 Å². The minimum absolute atomic E-state index is 0.0968. The molecule has 4 rings (SSSR count). The molecule has 8 nitrogen and oxygen atoms in total. The number of hydrogen-bond acceptors (Lipinski definition) is 5. The van der Waals surface area contributed by atoms with Crippen molar-refractivity contribution in [2.45, 2.75) is 24.8 Å². The van der Waals surface area contributed by atoms with Gasteiger partial charge in [0.2, 0.25) is 10.0 Å². The van der Waals surface area contributed by atoms with E-state index in [1.165, 1.54) is 39.5 Å². The number of piperazine rings is 1. The Labute approximate surface area is 179 Å². The number of carbonyl (C=O) groups is 2. The first-order chi connectivity index (χ1) is 14.7. The molecule has 1 fully saturated rings. The summed E-state index contributed by atoms with van der Waals surface area (Å²) in [5.74, 6) is -0.819. The van der Waals surface area contributed by atoms with Gasteiger partial charge in [-0.15, -0.1) is 0 Å². The molecule has 2 aliphatic rings. The Balaban J connectivity index is 1.51. The third kappa shape index (κ3) is 4.00. The zero-order chi connectivity index (χ0) is 22.3. The van der Waals surface area contributed by atoms with Gasteiger partial charge in [-0.05, 0) is 43.7 Å². The molecule has 0 unspecified atom stereocenters. The lowest BCUT2D eigenvalue weighted by Gasteiger charge is -2.34. The molecule has 1 atom stereocenters. The maximum atomic E-state index is 13.4. The lowest BCUT2D eigenvalue weighted by molar-refractivity contribution is -0.122. The van der Waals surface area contributed by atoms with Crippen LogP contribution in [0, 0.1) is 12.7 Å². The Morgan fingerprint density at radius 3 is 2.55 bits per heavy atom. The quantitative estimate of drug-likeness (QED) is 0.777. The van der Waals surface area contributed by atoms with Crippen LogP contribution in [-0.2, 0) is 14.8 Å². The van der Waals surface area contributed by atoms with E-state index >= 15 is 0 Å². The van der Waals surface area contributed by atoms with Crippen molar-refractivity contribution >= 4 is 27.5 Å². The van der Waals surface area contributed by atoms with Crippen molar-refractivity contribution < 1.29 is 27.1 Å². The lowest BCUT2D eigenvalue weighted by Crippen LogP contribution is -2.50. The summed E-state index contributed by atoms with van der Waals surface area (Å²) in [6, 6.07) is 8.44. The van der Waals surface area contributed by atoms with Crippen molar-refractivity contribution in [3.8, 4) is 5.75 Å². The largest absolute Gasteiger partial charge is 0.479 e. The van der Waals surface area contributed by atoms with Crippen LogP contribution in [0.3, 0.4) is 0 Å². The van der Waals surface area contributed by atoms with Crippen molar-refractivity contribution in [3.05, 3.63) is 53.3 Å². The van der Waals surface area contributed by atoms with Crippen molar-refractivity contribution in [2.75, 3.05) is 31.5 Å². The maximum Gasteiger partial charge on any atom is 0.265 e. The number of anilines is 1. The minimum Gasteiger partial charge on any atom is -0.479 e. The summed E-state index contributed by atoms with van der Waals surface area (Å²) in [7, 11) is -3.84. The van der Waals surface area contributed by atoms with Gasteiger partial charge in [0.05, 0.1) is 10.6 Å². The summed E-state index contributed by atoms with van der Waals surface area (Å²) in [4.78, 5) is 26.0. The van der Waals surface area contributed by atoms with Crippen LogP contribution in [0.1, 0.15) is 22.8 Å². The lowest BCUT2D eigenvalue weighted by atomic mass is 10.1. The normalized spacial score (nSPS) is 19.4. The van der Waals surface area contributed by atoms with Gasteiger partial charge in [-0.25, -0.2) is 12.8 Å². The van der Waals surface area contributed by atoms with Crippen molar-refractivity contribution in [3.63, 3.8) is 0 Å². The van der Waals surface area contributed by atoms with Crippen LogP contribution < -0.4 is 10.1 Å². The molecule has 0 radical (unpaired) electrons. The van der Waals surface area contributed by atoms with Gasteiger partial charge in [0, 0.05) is 37.8 Å². The van der Waals surface area contributed by atoms with Crippen LogP contribution in [-0.4, -0.2) is 61.7 Å². The molecule has 0 aliphatic carbocycles. The molecular formula is C21H22FN3O5S. The number of sulfonamides is 1. The van der Waals surface area contributed by atoms with Gasteiger partial charge >= 0.3 is 0 Å². The fraction of sp³-hybridized carbons (Fsp3) is 0.333. The highest BCUT2D eigenvalue weighted by molar-refractivity contribution is 7.89. The van der Waals surface area contributed by atoms with Gasteiger partial charge in [0.1, 0.15) is 11.6 Å². The number of nitrogens with one attached hydrogen (secondary N) is 1. The number of benzene rings is 2. The molecule has 164 valence electrons. The van der Waals surface area contributed by atoms with Gasteiger partial charge in [-0.1, -0.05) is 6.07 Å². The third-order valence-electron chi connectivity index (χ3n) is 5.42. The van der Waals surface area contributed by atoms with E-state index in [2.05, 4.69) is 5.32 Å². The van der Waals surface area contributed by atoms with Gasteiger partial charge in [-0.2, -0.15) is 4.31 Å². The molecule has 31 heavy (non-hydrogen) atoms. The van der Waals surface area contributed by atoms with Crippen molar-refractivity contribution in [1.82, 2.24) is 9.21 Å². The highest BCUT2D eigenvalue weighted by Crippen LogP contribution is 2.35. The highest BCUT2D eigenvalue weighted by Gasteiger charge is 2.33. The number of fused-ring (bicyclic) bond motifs is 1. The van der Waals surface area contributed by atoms with Crippen molar-refractivity contribution in [1.29, 1.82) is 0 Å². The van der Waals surface area contributed by atoms with E-state index in [4.69, 9.17) is 4.74 Å². The molecule has 2 aromatic rings. The maximum absolute atomic E-state index is 13.4. The van der Waals surface area contributed by atoms with E-state index < -0.39 is 21.9 Å². The highest BCUT2D eigenvalue weighted by atomic mass is 32.2. The zero-order valence-corrected chi connectivity index (χ0v) is 17.9. The van der Waals surface area contributed by atoms with Crippen LogP contribution in [0.2, 0.25) is 0 Å². The SMILES string of the molecule is Cc1cc2c(cc1S(=O)(=O)N1CCN(C(=O)c3cccc(F)c3)CC1)O[C@H](C)C(=O)N2. The van der Waals surface area contributed by atoms with Crippen LogP contribution in [0.15, 0.2) is 41.3 Å². The van der Waals surface area contributed by atoms with Gasteiger partial charge in [0.25, 0.3) is 11.8 Å². The molecule has 2 amide bonds. The van der Waals surface area contributed by atoms with Crippen LogP contribution in [0.25, 0.3) is 0 Å². The molecule has 1 saturated heterocycles. The predicted octanol–water partition coefficient (Wildman–Crippen LogP) is 2.00. The molecular weight excluding hydrogens is 425 g/mol. The van der Waals surface area contributed by atoms with Crippen LogP contribution in [0.5, 0.6) is 5.75 Å². The van der Waals surface area contributed by atoms with Gasteiger partial charge in [-0.3, -0.25) is 9.59 Å². The fourth-order valence-electron chi connectivity index (χ4n) is 3.70. The molecule has 2 aliphatic heterocycles. The number of rotatable bonds is 3.